The van der Waals surface area contributed by atoms with Gasteiger partial charge in [-0.3, -0.25) is 5.43 Å². The summed E-state index contributed by atoms with van der Waals surface area (Å²) in [5.74, 6) is -0.395. The SMILES string of the molecule is CC(C)(C)S(=O)(=O)C/C(C#N)=N/Nc1ccc(Cl)cc1. The molecular formula is C13H16ClN3O2S. The topological polar surface area (TPSA) is 82.3 Å². The van der Waals surface area contributed by atoms with Crippen LogP contribution in [0, 0.1) is 11.3 Å². The van der Waals surface area contributed by atoms with Crippen molar-refractivity contribution in [1.29, 1.82) is 5.26 Å². The lowest BCUT2D eigenvalue weighted by Crippen LogP contribution is -2.33. The number of nitriles is 1. The standard InChI is InChI=1S/C13H16ClN3O2S/c1-13(2,3)20(18,19)9-12(8-15)17-16-11-6-4-10(14)5-7-11/h4-7,16H,9H2,1-3H3/b17-12+. The van der Waals surface area contributed by atoms with Crippen molar-refractivity contribution in [2.24, 2.45) is 5.10 Å². The summed E-state index contributed by atoms with van der Waals surface area (Å²) in [5, 5.41) is 13.4. The average molecular weight is 314 g/mol. The molecule has 0 amide bonds. The van der Waals surface area contributed by atoms with Crippen LogP contribution in [-0.4, -0.2) is 24.6 Å². The van der Waals surface area contributed by atoms with E-state index in [9.17, 15) is 8.42 Å². The smallest absolute Gasteiger partial charge is 0.161 e. The molecule has 0 saturated heterocycles. The van der Waals surface area contributed by atoms with Crippen LogP contribution in [-0.2, 0) is 9.84 Å². The lowest BCUT2D eigenvalue weighted by atomic mass is 10.3. The fourth-order valence-corrected chi connectivity index (χ4v) is 2.19. The van der Waals surface area contributed by atoms with Gasteiger partial charge in [0.1, 0.15) is 11.8 Å². The number of halogens is 1. The molecule has 7 heteroatoms. The van der Waals surface area contributed by atoms with Crippen molar-refractivity contribution in [3.8, 4) is 6.07 Å². The summed E-state index contributed by atoms with van der Waals surface area (Å²) in [6, 6.07) is 8.48. The minimum absolute atomic E-state index is 0.0881. The molecule has 0 unspecified atom stereocenters. The third-order valence-electron chi connectivity index (χ3n) is 2.55. The van der Waals surface area contributed by atoms with Crippen molar-refractivity contribution < 1.29 is 8.42 Å². The predicted molar refractivity (Wildman–Crippen MR) is 81.7 cm³/mol. The fourth-order valence-electron chi connectivity index (χ4n) is 1.14. The Labute approximate surface area is 124 Å². The molecule has 0 bridgehead atoms. The number of nitrogens with one attached hydrogen (secondary N) is 1. The summed E-state index contributed by atoms with van der Waals surface area (Å²) in [6.45, 7) is 4.76. The van der Waals surface area contributed by atoms with Gasteiger partial charge in [0.25, 0.3) is 0 Å². The molecule has 0 atom stereocenters. The van der Waals surface area contributed by atoms with Crippen molar-refractivity contribution in [1.82, 2.24) is 0 Å². The molecule has 0 aliphatic carbocycles. The highest BCUT2D eigenvalue weighted by Crippen LogP contribution is 2.16. The summed E-state index contributed by atoms with van der Waals surface area (Å²) >= 11 is 5.74. The number of benzene rings is 1. The molecule has 0 saturated carbocycles. The Balaban J connectivity index is 2.85. The van der Waals surface area contributed by atoms with E-state index in [1.165, 1.54) is 0 Å². The van der Waals surface area contributed by atoms with E-state index in [1.807, 2.05) is 0 Å². The highest BCUT2D eigenvalue weighted by Gasteiger charge is 2.30. The van der Waals surface area contributed by atoms with Gasteiger partial charge in [0.15, 0.2) is 15.5 Å². The van der Waals surface area contributed by atoms with E-state index in [0.717, 1.165) is 0 Å². The second kappa shape index (κ2) is 6.25. The lowest BCUT2D eigenvalue weighted by Gasteiger charge is -2.18. The highest BCUT2D eigenvalue weighted by molar-refractivity contribution is 7.93. The average Bonchev–Trinajstić information content (AvgIpc) is 2.35. The van der Waals surface area contributed by atoms with Gasteiger partial charge in [0, 0.05) is 5.02 Å². The van der Waals surface area contributed by atoms with Crippen LogP contribution in [0.1, 0.15) is 20.8 Å². The normalized spacial score (nSPS) is 12.8. The minimum Gasteiger partial charge on any atom is -0.278 e. The van der Waals surface area contributed by atoms with E-state index < -0.39 is 20.3 Å². The van der Waals surface area contributed by atoms with Crippen LogP contribution in [0.3, 0.4) is 0 Å². The maximum atomic E-state index is 12.0. The van der Waals surface area contributed by atoms with Gasteiger partial charge in [-0.2, -0.15) is 10.4 Å². The molecule has 0 aliphatic rings. The van der Waals surface area contributed by atoms with E-state index in [-0.39, 0.29) is 5.71 Å². The van der Waals surface area contributed by atoms with Gasteiger partial charge >= 0.3 is 0 Å². The Hall–Kier alpha value is -1.58. The van der Waals surface area contributed by atoms with Crippen molar-refractivity contribution in [3.63, 3.8) is 0 Å². The molecule has 0 aromatic heterocycles. The molecule has 0 spiro atoms. The van der Waals surface area contributed by atoms with E-state index in [2.05, 4.69) is 10.5 Å². The van der Waals surface area contributed by atoms with Crippen LogP contribution >= 0.6 is 11.6 Å². The number of hydrogen-bond donors (Lipinski definition) is 1. The maximum absolute atomic E-state index is 12.0. The molecule has 1 aromatic rings. The first-order valence-corrected chi connectivity index (χ1v) is 7.89. The van der Waals surface area contributed by atoms with Crippen LogP contribution in [0.15, 0.2) is 29.4 Å². The fraction of sp³-hybridized carbons (Fsp3) is 0.385. The van der Waals surface area contributed by atoms with Gasteiger partial charge in [-0.1, -0.05) is 11.6 Å². The van der Waals surface area contributed by atoms with Crippen LogP contribution in [0.25, 0.3) is 0 Å². The molecule has 1 N–H and O–H groups in total. The Morgan fingerprint density at radius 2 is 1.90 bits per heavy atom. The monoisotopic (exact) mass is 313 g/mol. The first kappa shape index (κ1) is 16.5. The zero-order chi connectivity index (χ0) is 15.4. The molecule has 0 radical (unpaired) electrons. The number of sulfone groups is 1. The van der Waals surface area contributed by atoms with Gasteiger partial charge in [-0.05, 0) is 45.0 Å². The van der Waals surface area contributed by atoms with Gasteiger partial charge in [0.2, 0.25) is 0 Å². The van der Waals surface area contributed by atoms with E-state index in [1.54, 1.807) is 51.1 Å². The molecule has 5 nitrogen and oxygen atoms in total. The Morgan fingerprint density at radius 3 is 2.35 bits per heavy atom. The van der Waals surface area contributed by atoms with Crippen LogP contribution in [0.5, 0.6) is 0 Å². The number of hydrazone groups is 1. The molecule has 1 aromatic carbocycles. The van der Waals surface area contributed by atoms with Crippen LogP contribution in [0.4, 0.5) is 5.69 Å². The largest absolute Gasteiger partial charge is 0.278 e. The van der Waals surface area contributed by atoms with Gasteiger partial charge in [-0.25, -0.2) is 8.42 Å². The second-order valence-corrected chi connectivity index (χ2v) is 8.34. The summed E-state index contributed by atoms with van der Waals surface area (Å²) in [5.41, 5.74) is 3.17. The second-order valence-electron chi connectivity index (χ2n) is 5.16. The third-order valence-corrected chi connectivity index (χ3v) is 5.32. The van der Waals surface area contributed by atoms with Crippen LogP contribution in [0.2, 0.25) is 5.02 Å². The first-order chi connectivity index (χ1) is 9.15. The van der Waals surface area contributed by atoms with Gasteiger partial charge < -0.3 is 0 Å². The molecule has 108 valence electrons. The van der Waals surface area contributed by atoms with Crippen molar-refractivity contribution >= 4 is 32.8 Å². The number of hydrogen-bond acceptors (Lipinski definition) is 5. The molecule has 1 rings (SSSR count). The summed E-state index contributed by atoms with van der Waals surface area (Å²) in [4.78, 5) is 0. The van der Waals surface area contributed by atoms with Gasteiger partial charge in [0.05, 0.1) is 10.4 Å². The molecule has 0 aliphatic heterocycles. The quantitative estimate of drug-likeness (QED) is 0.684. The summed E-state index contributed by atoms with van der Waals surface area (Å²) in [7, 11) is -3.43. The minimum atomic E-state index is -3.43. The lowest BCUT2D eigenvalue weighted by molar-refractivity contribution is 0.564. The van der Waals surface area contributed by atoms with Crippen molar-refractivity contribution in [2.75, 3.05) is 11.2 Å². The van der Waals surface area contributed by atoms with E-state index in [0.29, 0.717) is 10.7 Å². The van der Waals surface area contributed by atoms with Crippen molar-refractivity contribution in [3.05, 3.63) is 29.3 Å². The number of nitrogens with zero attached hydrogens (tertiary/aromatic N) is 2. The molecular weight excluding hydrogens is 298 g/mol. The number of anilines is 1. The Morgan fingerprint density at radius 1 is 1.35 bits per heavy atom. The van der Waals surface area contributed by atoms with Crippen molar-refractivity contribution in [2.45, 2.75) is 25.5 Å². The highest BCUT2D eigenvalue weighted by atomic mass is 35.5. The third kappa shape index (κ3) is 4.51. The maximum Gasteiger partial charge on any atom is 0.161 e. The Bertz CT molecular complexity index is 638. The van der Waals surface area contributed by atoms with Crippen LogP contribution < -0.4 is 5.43 Å². The van der Waals surface area contributed by atoms with E-state index >= 15 is 0 Å². The zero-order valence-electron chi connectivity index (χ0n) is 11.5. The summed E-state index contributed by atoms with van der Waals surface area (Å²) in [6.07, 6.45) is 0. The predicted octanol–water partition coefficient (Wildman–Crippen LogP) is 2.84. The van der Waals surface area contributed by atoms with E-state index in [4.69, 9.17) is 16.9 Å². The first-order valence-electron chi connectivity index (χ1n) is 5.86. The number of rotatable bonds is 4. The van der Waals surface area contributed by atoms with Gasteiger partial charge in [-0.15, -0.1) is 0 Å². The Kier molecular flexibility index (Phi) is 5.15. The molecule has 0 heterocycles. The molecule has 20 heavy (non-hydrogen) atoms. The molecule has 0 fully saturated rings. The summed E-state index contributed by atoms with van der Waals surface area (Å²) < 4.78 is 23.1. The zero-order valence-corrected chi connectivity index (χ0v) is 13.1.